The van der Waals surface area contributed by atoms with Crippen molar-refractivity contribution in [3.63, 3.8) is 0 Å². The third-order valence-electron chi connectivity index (χ3n) is 5.12. The highest BCUT2D eigenvalue weighted by Gasteiger charge is 2.14. The normalized spacial score (nSPS) is 14.7. The zero-order valence-electron chi connectivity index (χ0n) is 14.8. The van der Waals surface area contributed by atoms with E-state index < -0.39 is 0 Å². The Kier molecular flexibility index (Phi) is 3.87. The van der Waals surface area contributed by atoms with Gasteiger partial charge in [0.25, 0.3) is 5.56 Å². The molecule has 0 atom stereocenters. The number of anilines is 1. The minimum atomic E-state index is -0.207. The maximum absolute atomic E-state index is 12.8. The van der Waals surface area contributed by atoms with Crippen molar-refractivity contribution in [1.29, 1.82) is 0 Å². The molecule has 0 radical (unpaired) electrons. The number of ether oxygens (including phenoxy) is 1. The number of hydrogen-bond donors (Lipinski definition) is 1. The van der Waals surface area contributed by atoms with Crippen LogP contribution in [-0.2, 0) is 4.74 Å². The fourth-order valence-electron chi connectivity index (χ4n) is 3.71. The maximum atomic E-state index is 12.8. The van der Waals surface area contributed by atoms with E-state index in [4.69, 9.17) is 4.74 Å². The predicted octanol–water partition coefficient (Wildman–Crippen LogP) is 3.58. The van der Waals surface area contributed by atoms with Crippen molar-refractivity contribution in [3.05, 3.63) is 71.0 Å². The van der Waals surface area contributed by atoms with Crippen molar-refractivity contribution in [3.8, 4) is 11.4 Å². The van der Waals surface area contributed by atoms with Crippen molar-refractivity contribution in [1.82, 2.24) is 9.97 Å². The Morgan fingerprint density at radius 1 is 0.926 bits per heavy atom. The summed E-state index contributed by atoms with van der Waals surface area (Å²) in [5.74, 6) is 0.600. The summed E-state index contributed by atoms with van der Waals surface area (Å²) in [5, 5.41) is 2.82. The summed E-state index contributed by atoms with van der Waals surface area (Å²) < 4.78 is 5.41. The van der Waals surface area contributed by atoms with E-state index in [1.807, 2.05) is 36.4 Å². The van der Waals surface area contributed by atoms with Crippen LogP contribution in [0.1, 0.15) is 0 Å². The van der Waals surface area contributed by atoms with Crippen LogP contribution in [-0.4, -0.2) is 36.3 Å². The fraction of sp³-hybridized carbons (Fsp3) is 0.182. The third kappa shape index (κ3) is 2.86. The number of H-pyrrole nitrogens is 1. The van der Waals surface area contributed by atoms with E-state index in [9.17, 15) is 4.79 Å². The first-order valence-electron chi connectivity index (χ1n) is 9.14. The zero-order chi connectivity index (χ0) is 18.2. The van der Waals surface area contributed by atoms with Gasteiger partial charge in [0.15, 0.2) is 0 Å². The van der Waals surface area contributed by atoms with Crippen LogP contribution in [0.25, 0.3) is 33.1 Å². The molecule has 134 valence electrons. The van der Waals surface area contributed by atoms with E-state index in [2.05, 4.69) is 39.1 Å². The number of fused-ring (bicyclic) bond motifs is 2. The van der Waals surface area contributed by atoms with E-state index in [0.29, 0.717) is 24.4 Å². The summed E-state index contributed by atoms with van der Waals surface area (Å²) in [4.78, 5) is 22.7. The van der Waals surface area contributed by atoms with Gasteiger partial charge in [0, 0.05) is 24.3 Å². The smallest absolute Gasteiger partial charge is 0.281 e. The molecule has 1 fully saturated rings. The van der Waals surface area contributed by atoms with E-state index >= 15 is 0 Å². The molecule has 0 amide bonds. The zero-order valence-corrected chi connectivity index (χ0v) is 14.8. The summed E-state index contributed by atoms with van der Waals surface area (Å²) in [5.41, 5.74) is 2.57. The number of nitrogens with zero attached hydrogens (tertiary/aromatic N) is 2. The second kappa shape index (κ2) is 6.52. The molecule has 1 aromatic heterocycles. The Labute approximate surface area is 156 Å². The van der Waals surface area contributed by atoms with Gasteiger partial charge >= 0.3 is 0 Å². The van der Waals surface area contributed by atoms with Crippen molar-refractivity contribution >= 4 is 27.4 Å². The molecule has 5 rings (SSSR count). The van der Waals surface area contributed by atoms with E-state index in [-0.39, 0.29) is 5.56 Å². The highest BCUT2D eigenvalue weighted by molar-refractivity contribution is 5.96. The summed E-state index contributed by atoms with van der Waals surface area (Å²) in [6, 6.07) is 20.1. The highest BCUT2D eigenvalue weighted by Crippen LogP contribution is 2.27. The number of nitrogens with one attached hydrogen (secondary N) is 1. The van der Waals surface area contributed by atoms with Gasteiger partial charge in [-0.15, -0.1) is 0 Å². The van der Waals surface area contributed by atoms with Gasteiger partial charge in [0.05, 0.1) is 24.1 Å². The van der Waals surface area contributed by atoms with Crippen molar-refractivity contribution < 1.29 is 4.74 Å². The largest absolute Gasteiger partial charge is 0.378 e. The van der Waals surface area contributed by atoms with Gasteiger partial charge in [-0.25, -0.2) is 0 Å². The predicted molar refractivity (Wildman–Crippen MR) is 108 cm³/mol. The Balaban J connectivity index is 1.64. The standard InChI is InChI=1S/C22H19N3O2/c26-22-19-14-16(25-10-12-27-13-11-25)8-9-20(19)23-21(24-22)18-7-3-5-15-4-1-2-6-17(15)18/h1-9,14H,10-13H2,(H,23,24,26). The molecule has 0 spiro atoms. The van der Waals surface area contributed by atoms with Crippen LogP contribution in [0.2, 0.25) is 0 Å². The van der Waals surface area contributed by atoms with Crippen molar-refractivity contribution in [2.24, 2.45) is 0 Å². The molecular weight excluding hydrogens is 338 g/mol. The highest BCUT2D eigenvalue weighted by atomic mass is 16.5. The lowest BCUT2D eigenvalue weighted by molar-refractivity contribution is 0.122. The minimum absolute atomic E-state index is 0.207. The summed E-state index contributed by atoms with van der Waals surface area (Å²) >= 11 is 0. The molecular formula is C22H19N3O2. The number of rotatable bonds is 2. The first-order chi connectivity index (χ1) is 13.3. The Hall–Kier alpha value is -3.18. The van der Waals surface area contributed by atoms with E-state index in [1.54, 1.807) is 0 Å². The van der Waals surface area contributed by atoms with Gasteiger partial charge in [0.1, 0.15) is 5.82 Å². The second-order valence-electron chi connectivity index (χ2n) is 6.75. The van der Waals surface area contributed by atoms with Crippen LogP contribution in [0.4, 0.5) is 5.69 Å². The fourth-order valence-corrected chi connectivity index (χ4v) is 3.71. The Bertz CT molecular complexity index is 1190. The lowest BCUT2D eigenvalue weighted by Gasteiger charge is -2.28. The van der Waals surface area contributed by atoms with Crippen LogP contribution < -0.4 is 10.5 Å². The van der Waals surface area contributed by atoms with Gasteiger partial charge < -0.3 is 14.6 Å². The number of morpholine rings is 1. The van der Waals surface area contributed by atoms with Gasteiger partial charge in [-0.1, -0.05) is 42.5 Å². The van der Waals surface area contributed by atoms with E-state index in [0.717, 1.165) is 40.6 Å². The number of aromatic amines is 1. The third-order valence-corrected chi connectivity index (χ3v) is 5.12. The molecule has 1 aliphatic heterocycles. The molecule has 27 heavy (non-hydrogen) atoms. The first-order valence-corrected chi connectivity index (χ1v) is 9.14. The van der Waals surface area contributed by atoms with E-state index in [1.165, 1.54) is 0 Å². The second-order valence-corrected chi connectivity index (χ2v) is 6.75. The van der Waals surface area contributed by atoms with Crippen LogP contribution in [0, 0.1) is 0 Å². The van der Waals surface area contributed by atoms with Crippen LogP contribution >= 0.6 is 0 Å². The lowest BCUT2D eigenvalue weighted by Crippen LogP contribution is -2.36. The Morgan fingerprint density at radius 2 is 1.74 bits per heavy atom. The van der Waals surface area contributed by atoms with Crippen molar-refractivity contribution in [2.45, 2.75) is 0 Å². The van der Waals surface area contributed by atoms with Crippen LogP contribution in [0.5, 0.6) is 0 Å². The SMILES string of the molecule is O=c1nc(-c2cccc3ccccc23)[nH]c2ccc(N3CCOCC3)cc12. The molecule has 0 saturated carbocycles. The molecule has 5 nitrogen and oxygen atoms in total. The number of aromatic nitrogens is 2. The molecule has 2 heterocycles. The number of hydrogen-bond acceptors (Lipinski definition) is 4. The Morgan fingerprint density at radius 3 is 2.63 bits per heavy atom. The molecule has 1 N–H and O–H groups in total. The number of benzene rings is 3. The molecule has 1 aliphatic rings. The quantitative estimate of drug-likeness (QED) is 0.596. The minimum Gasteiger partial charge on any atom is -0.378 e. The first kappa shape index (κ1) is 16.0. The lowest BCUT2D eigenvalue weighted by atomic mass is 10.0. The monoisotopic (exact) mass is 357 g/mol. The van der Waals surface area contributed by atoms with Crippen molar-refractivity contribution in [2.75, 3.05) is 31.2 Å². The summed E-state index contributed by atoms with van der Waals surface area (Å²) in [6.07, 6.45) is 0. The van der Waals surface area contributed by atoms with Crippen LogP contribution in [0.15, 0.2) is 65.5 Å². The summed E-state index contributed by atoms with van der Waals surface area (Å²) in [6.45, 7) is 3.11. The van der Waals surface area contributed by atoms with Gasteiger partial charge in [0.2, 0.25) is 0 Å². The molecule has 5 heteroatoms. The van der Waals surface area contributed by atoms with Gasteiger partial charge in [-0.2, -0.15) is 4.98 Å². The molecule has 0 aliphatic carbocycles. The average molecular weight is 357 g/mol. The van der Waals surface area contributed by atoms with Gasteiger partial charge in [-0.05, 0) is 29.0 Å². The van der Waals surface area contributed by atoms with Crippen LogP contribution in [0.3, 0.4) is 0 Å². The average Bonchev–Trinajstić information content (AvgIpc) is 2.74. The summed E-state index contributed by atoms with van der Waals surface area (Å²) in [7, 11) is 0. The molecule has 1 saturated heterocycles. The molecule has 0 bridgehead atoms. The van der Waals surface area contributed by atoms with Gasteiger partial charge in [-0.3, -0.25) is 4.79 Å². The molecule has 3 aromatic carbocycles. The molecule has 0 unspecified atom stereocenters. The topological polar surface area (TPSA) is 58.2 Å². The maximum Gasteiger partial charge on any atom is 0.281 e. The molecule has 4 aromatic rings.